The number of para-hydroxylation sites is 1. The molecule has 0 aliphatic heterocycles. The summed E-state index contributed by atoms with van der Waals surface area (Å²) in [6, 6.07) is 18.2. The zero-order chi connectivity index (χ0) is 17.4. The third-order valence-corrected chi connectivity index (χ3v) is 4.14. The highest BCUT2D eigenvalue weighted by Gasteiger charge is 2.09. The average Bonchev–Trinajstić information content (AvgIpc) is 2.60. The van der Waals surface area contributed by atoms with Gasteiger partial charge in [-0.1, -0.05) is 30.3 Å². The van der Waals surface area contributed by atoms with Crippen LogP contribution in [0.15, 0.2) is 65.5 Å². The molecule has 4 rings (SSSR count). The Morgan fingerprint density at radius 1 is 1.04 bits per heavy atom. The summed E-state index contributed by atoms with van der Waals surface area (Å²) in [7, 11) is 0. The molecule has 0 radical (unpaired) electrons. The number of aromatic nitrogens is 2. The number of hydrogen-bond donors (Lipinski definition) is 2. The molecular weight excluding hydrogens is 314 g/mol. The molecule has 1 amide bonds. The van der Waals surface area contributed by atoms with Crippen molar-refractivity contribution in [3.05, 3.63) is 82.3 Å². The highest BCUT2D eigenvalue weighted by molar-refractivity contribution is 6.04. The molecular formula is C20H15N3O2. The third-order valence-electron chi connectivity index (χ3n) is 4.14. The first kappa shape index (κ1) is 15.1. The Kier molecular flexibility index (Phi) is 3.54. The summed E-state index contributed by atoms with van der Waals surface area (Å²) in [5, 5.41) is 4.76. The number of rotatable bonds is 2. The molecule has 0 unspecified atom stereocenters. The van der Waals surface area contributed by atoms with Gasteiger partial charge < -0.3 is 10.3 Å². The summed E-state index contributed by atoms with van der Waals surface area (Å²) < 4.78 is 0. The molecule has 2 aromatic carbocycles. The van der Waals surface area contributed by atoms with Crippen LogP contribution < -0.4 is 10.9 Å². The molecule has 2 heterocycles. The van der Waals surface area contributed by atoms with Crippen molar-refractivity contribution < 1.29 is 4.79 Å². The Bertz CT molecular complexity index is 1180. The Morgan fingerprint density at radius 3 is 2.76 bits per heavy atom. The van der Waals surface area contributed by atoms with Crippen molar-refractivity contribution in [2.75, 3.05) is 5.32 Å². The van der Waals surface area contributed by atoms with E-state index in [4.69, 9.17) is 0 Å². The first-order chi connectivity index (χ1) is 12.1. The van der Waals surface area contributed by atoms with Crippen LogP contribution in [0.4, 0.5) is 5.69 Å². The second-order valence-corrected chi connectivity index (χ2v) is 5.92. The number of carbonyl (C=O) groups excluding carboxylic acids is 1. The molecule has 0 aliphatic carbocycles. The summed E-state index contributed by atoms with van der Waals surface area (Å²) in [6.07, 6.45) is 0. The number of amides is 1. The van der Waals surface area contributed by atoms with Crippen LogP contribution >= 0.6 is 0 Å². The van der Waals surface area contributed by atoms with Crippen molar-refractivity contribution in [3.63, 3.8) is 0 Å². The number of aryl methyl sites for hydroxylation is 1. The minimum Gasteiger partial charge on any atom is -0.322 e. The van der Waals surface area contributed by atoms with Gasteiger partial charge in [-0.15, -0.1) is 0 Å². The highest BCUT2D eigenvalue weighted by Crippen LogP contribution is 2.20. The van der Waals surface area contributed by atoms with Crippen LogP contribution in [0.2, 0.25) is 0 Å². The van der Waals surface area contributed by atoms with Gasteiger partial charge in [0, 0.05) is 22.5 Å². The van der Waals surface area contributed by atoms with Crippen molar-refractivity contribution in [3.8, 4) is 0 Å². The number of nitrogens with zero attached hydrogens (tertiary/aromatic N) is 1. The van der Waals surface area contributed by atoms with Crippen molar-refractivity contribution in [2.45, 2.75) is 6.92 Å². The molecule has 5 heteroatoms. The largest absolute Gasteiger partial charge is 0.322 e. The maximum Gasteiger partial charge on any atom is 0.274 e. The lowest BCUT2D eigenvalue weighted by molar-refractivity contribution is 0.102. The van der Waals surface area contributed by atoms with E-state index in [0.717, 1.165) is 21.9 Å². The highest BCUT2D eigenvalue weighted by atomic mass is 16.2. The fourth-order valence-corrected chi connectivity index (χ4v) is 2.90. The molecule has 5 nitrogen and oxygen atoms in total. The van der Waals surface area contributed by atoms with E-state index in [-0.39, 0.29) is 11.5 Å². The van der Waals surface area contributed by atoms with E-state index >= 15 is 0 Å². The van der Waals surface area contributed by atoms with Crippen molar-refractivity contribution in [2.24, 2.45) is 0 Å². The van der Waals surface area contributed by atoms with Crippen LogP contribution in [0.1, 0.15) is 16.1 Å². The molecule has 122 valence electrons. The number of pyridine rings is 2. The summed E-state index contributed by atoms with van der Waals surface area (Å²) in [6.45, 7) is 1.88. The number of carbonyl (C=O) groups is 1. The number of nitrogens with one attached hydrogen (secondary N) is 2. The van der Waals surface area contributed by atoms with Crippen molar-refractivity contribution in [1.82, 2.24) is 9.97 Å². The summed E-state index contributed by atoms with van der Waals surface area (Å²) in [4.78, 5) is 31.3. The van der Waals surface area contributed by atoms with E-state index < -0.39 is 0 Å². The SMILES string of the molecule is Cc1cc(=O)[nH]c2cc(NC(=O)c3ccc4ccccc4n3)ccc12. The third kappa shape index (κ3) is 2.87. The van der Waals surface area contributed by atoms with Gasteiger partial charge in [0.25, 0.3) is 5.91 Å². The number of H-pyrrole nitrogens is 1. The molecule has 0 saturated heterocycles. The second-order valence-electron chi connectivity index (χ2n) is 5.92. The molecule has 0 aliphatic rings. The van der Waals surface area contributed by atoms with Crippen LogP contribution in [0.5, 0.6) is 0 Å². The molecule has 25 heavy (non-hydrogen) atoms. The molecule has 0 atom stereocenters. The number of anilines is 1. The standard InChI is InChI=1S/C20H15N3O2/c1-12-10-19(24)23-18-11-14(7-8-15(12)18)21-20(25)17-9-6-13-4-2-3-5-16(13)22-17/h2-11H,1H3,(H,21,25)(H,23,24). The molecule has 0 spiro atoms. The van der Waals surface area contributed by atoms with E-state index in [1.165, 1.54) is 0 Å². The van der Waals surface area contributed by atoms with Gasteiger partial charge in [0.1, 0.15) is 5.69 Å². The van der Waals surface area contributed by atoms with Crippen molar-refractivity contribution in [1.29, 1.82) is 0 Å². The molecule has 4 aromatic rings. The molecule has 2 aromatic heterocycles. The van der Waals surface area contributed by atoms with Crippen LogP contribution in [0.3, 0.4) is 0 Å². The number of fused-ring (bicyclic) bond motifs is 2. The summed E-state index contributed by atoms with van der Waals surface area (Å²) in [5.41, 5.74) is 3.14. The molecule has 0 fully saturated rings. The Labute approximate surface area is 143 Å². The summed E-state index contributed by atoms with van der Waals surface area (Å²) in [5.74, 6) is -0.292. The average molecular weight is 329 g/mol. The maximum atomic E-state index is 12.5. The molecule has 2 N–H and O–H groups in total. The minimum absolute atomic E-state index is 0.162. The Hall–Kier alpha value is -3.47. The maximum absolute atomic E-state index is 12.5. The minimum atomic E-state index is -0.292. The van der Waals surface area contributed by atoms with Gasteiger partial charge in [0.05, 0.1) is 11.0 Å². The van der Waals surface area contributed by atoms with E-state index in [1.54, 1.807) is 18.2 Å². The topological polar surface area (TPSA) is 74.8 Å². The molecule has 0 saturated carbocycles. The van der Waals surface area contributed by atoms with Crippen LogP contribution in [-0.4, -0.2) is 15.9 Å². The van der Waals surface area contributed by atoms with E-state index in [9.17, 15) is 9.59 Å². The quantitative estimate of drug-likeness (QED) is 0.589. The van der Waals surface area contributed by atoms with E-state index in [1.807, 2.05) is 49.4 Å². The van der Waals surface area contributed by atoms with Gasteiger partial charge in [0.2, 0.25) is 5.56 Å². The smallest absolute Gasteiger partial charge is 0.274 e. The zero-order valence-electron chi connectivity index (χ0n) is 13.5. The van der Waals surface area contributed by atoms with Gasteiger partial charge in [0.15, 0.2) is 0 Å². The van der Waals surface area contributed by atoms with Gasteiger partial charge in [-0.25, -0.2) is 4.98 Å². The Morgan fingerprint density at radius 2 is 1.88 bits per heavy atom. The van der Waals surface area contributed by atoms with Crippen LogP contribution in [-0.2, 0) is 0 Å². The predicted octanol–water partition coefficient (Wildman–Crippen LogP) is 3.64. The van der Waals surface area contributed by atoms with Crippen LogP contribution in [0.25, 0.3) is 21.8 Å². The van der Waals surface area contributed by atoms with E-state index in [2.05, 4.69) is 15.3 Å². The van der Waals surface area contributed by atoms with Gasteiger partial charge in [-0.05, 0) is 36.8 Å². The normalized spacial score (nSPS) is 10.9. The van der Waals surface area contributed by atoms with Gasteiger partial charge in [-0.3, -0.25) is 9.59 Å². The van der Waals surface area contributed by atoms with E-state index in [0.29, 0.717) is 16.9 Å². The number of aromatic amines is 1. The Balaban J connectivity index is 1.67. The lowest BCUT2D eigenvalue weighted by atomic mass is 10.1. The lowest BCUT2D eigenvalue weighted by Gasteiger charge is -2.08. The molecule has 0 bridgehead atoms. The first-order valence-corrected chi connectivity index (χ1v) is 7.91. The first-order valence-electron chi connectivity index (χ1n) is 7.91. The lowest BCUT2D eigenvalue weighted by Crippen LogP contribution is -2.14. The predicted molar refractivity (Wildman–Crippen MR) is 99.0 cm³/mol. The number of hydrogen-bond acceptors (Lipinski definition) is 3. The number of benzene rings is 2. The fraction of sp³-hybridized carbons (Fsp3) is 0.0500. The van der Waals surface area contributed by atoms with Gasteiger partial charge >= 0.3 is 0 Å². The van der Waals surface area contributed by atoms with Crippen LogP contribution in [0, 0.1) is 6.92 Å². The second kappa shape index (κ2) is 5.87. The zero-order valence-corrected chi connectivity index (χ0v) is 13.5. The fourth-order valence-electron chi connectivity index (χ4n) is 2.90. The summed E-state index contributed by atoms with van der Waals surface area (Å²) >= 11 is 0. The van der Waals surface area contributed by atoms with Gasteiger partial charge in [-0.2, -0.15) is 0 Å². The van der Waals surface area contributed by atoms with Crippen molar-refractivity contribution >= 4 is 33.4 Å². The monoisotopic (exact) mass is 329 g/mol.